The highest BCUT2D eigenvalue weighted by molar-refractivity contribution is 7.22. The van der Waals surface area contributed by atoms with Crippen molar-refractivity contribution < 1.29 is 28.3 Å². The van der Waals surface area contributed by atoms with E-state index in [4.69, 9.17) is 23.5 Å². The van der Waals surface area contributed by atoms with Gasteiger partial charge in [-0.3, -0.25) is 19.0 Å². The lowest BCUT2D eigenvalue weighted by atomic mass is 10.0. The van der Waals surface area contributed by atoms with Gasteiger partial charge in [0.2, 0.25) is 5.89 Å². The molecule has 1 saturated heterocycles. The Morgan fingerprint density at radius 1 is 1.21 bits per heavy atom. The fraction of sp³-hybridized carbons (Fsp3) is 0.448. The zero-order valence-electron chi connectivity index (χ0n) is 24.2. The van der Waals surface area contributed by atoms with Gasteiger partial charge in [-0.15, -0.1) is 11.3 Å². The number of methoxy groups -OCH3 is 1. The molecule has 12 nitrogen and oxygen atoms in total. The molecule has 4 heterocycles. The first kappa shape index (κ1) is 29.7. The number of oxazole rings is 1. The van der Waals surface area contributed by atoms with Crippen LogP contribution in [0.5, 0.6) is 5.75 Å². The van der Waals surface area contributed by atoms with Crippen molar-refractivity contribution in [3.05, 3.63) is 68.7 Å². The van der Waals surface area contributed by atoms with Crippen LogP contribution in [0.1, 0.15) is 43.9 Å². The summed E-state index contributed by atoms with van der Waals surface area (Å²) >= 11 is 1.23. The fourth-order valence-corrected chi connectivity index (χ4v) is 6.46. The van der Waals surface area contributed by atoms with Crippen molar-refractivity contribution in [1.82, 2.24) is 19.6 Å². The molecular formula is C29H34N4O8S. The van der Waals surface area contributed by atoms with Gasteiger partial charge in [0.1, 0.15) is 28.5 Å². The quantitative estimate of drug-likeness (QED) is 0.272. The maximum Gasteiger partial charge on any atom is 0.333 e. The number of para-hydroxylation sites is 1. The van der Waals surface area contributed by atoms with E-state index in [0.29, 0.717) is 53.0 Å². The summed E-state index contributed by atoms with van der Waals surface area (Å²) in [7, 11) is 2.87. The number of nitrogens with one attached hydrogen (secondary N) is 1. The van der Waals surface area contributed by atoms with Gasteiger partial charge in [-0.1, -0.05) is 18.2 Å². The molecule has 0 saturated carbocycles. The number of hydrogen-bond acceptors (Lipinski definition) is 10. The summed E-state index contributed by atoms with van der Waals surface area (Å²) in [5.41, 5.74) is 0.735. The summed E-state index contributed by atoms with van der Waals surface area (Å²) < 4.78 is 25.9. The molecule has 1 aliphatic heterocycles. The molecular weight excluding hydrogens is 564 g/mol. The van der Waals surface area contributed by atoms with Crippen molar-refractivity contribution in [3.63, 3.8) is 0 Å². The first-order valence-corrected chi connectivity index (χ1v) is 14.4. The van der Waals surface area contributed by atoms with E-state index in [0.717, 1.165) is 10.1 Å². The molecule has 4 aromatic rings. The number of nitrogens with zero attached hydrogens (tertiary/aromatic N) is 3. The molecule has 1 amide bonds. The monoisotopic (exact) mass is 598 g/mol. The molecule has 5 rings (SSSR count). The van der Waals surface area contributed by atoms with Crippen LogP contribution >= 0.6 is 11.3 Å². The summed E-state index contributed by atoms with van der Waals surface area (Å²) in [4.78, 5) is 51.6. The predicted molar refractivity (Wildman–Crippen MR) is 156 cm³/mol. The molecule has 224 valence electrons. The van der Waals surface area contributed by atoms with Crippen LogP contribution < -0.4 is 21.5 Å². The van der Waals surface area contributed by atoms with Gasteiger partial charge in [0.15, 0.2) is 0 Å². The second-order valence-corrected chi connectivity index (χ2v) is 11.5. The number of thiophene rings is 1. The van der Waals surface area contributed by atoms with E-state index in [1.54, 1.807) is 14.0 Å². The van der Waals surface area contributed by atoms with Crippen LogP contribution in [-0.2, 0) is 31.2 Å². The van der Waals surface area contributed by atoms with E-state index >= 15 is 0 Å². The second kappa shape index (κ2) is 12.2. The van der Waals surface area contributed by atoms with E-state index in [-0.39, 0.29) is 18.0 Å². The number of fused-ring (bicyclic) bond motifs is 1. The smallest absolute Gasteiger partial charge is 0.333 e. The lowest BCUT2D eigenvalue weighted by Crippen LogP contribution is -2.55. The number of hydroxylamine groups is 1. The number of benzene rings is 1. The average Bonchev–Trinajstić information content (AvgIpc) is 3.63. The number of aromatic nitrogens is 3. The Bertz CT molecular complexity index is 1680. The highest BCUT2D eigenvalue weighted by Crippen LogP contribution is 2.37. The molecule has 0 radical (unpaired) electrons. The number of amides is 1. The Labute approximate surface area is 245 Å². The van der Waals surface area contributed by atoms with Gasteiger partial charge in [-0.25, -0.2) is 19.8 Å². The van der Waals surface area contributed by atoms with E-state index in [1.165, 1.54) is 49.3 Å². The topological polar surface area (TPSA) is 136 Å². The molecule has 1 aromatic carbocycles. The zero-order valence-corrected chi connectivity index (χ0v) is 25.0. The first-order chi connectivity index (χ1) is 20.2. The predicted octanol–water partition coefficient (Wildman–Crippen LogP) is 3.55. The van der Waals surface area contributed by atoms with Gasteiger partial charge in [-0.05, 0) is 45.2 Å². The van der Waals surface area contributed by atoms with Gasteiger partial charge in [0.25, 0.3) is 11.5 Å². The molecule has 1 N–H and O–H groups in total. The molecule has 0 aliphatic carbocycles. The molecule has 0 spiro atoms. The number of ether oxygens (including phenoxy) is 3. The Hall–Kier alpha value is -3.78. The summed E-state index contributed by atoms with van der Waals surface area (Å²) in [5.74, 6) is 0.278. The largest absolute Gasteiger partial charge is 0.496 e. The van der Waals surface area contributed by atoms with Gasteiger partial charge < -0.3 is 18.6 Å². The Kier molecular flexibility index (Phi) is 8.64. The van der Waals surface area contributed by atoms with Crippen molar-refractivity contribution in [1.29, 1.82) is 0 Å². The van der Waals surface area contributed by atoms with Gasteiger partial charge in [0, 0.05) is 18.8 Å². The molecule has 13 heteroatoms. The standard InChI is InChI=1S/C29H34N4O8S/c1-17-22-25(34)33(29(2,3)27(35)31-38-5)28(36)32(26(22)42-23(17)24-30-12-15-40-24)16-21(41-18-10-13-39-14-11-18)19-8-6-7-9-20(19)37-4/h6-9,12,15,18,21H,10-11,13-14,16H2,1-5H3,(H,31,35). The van der Waals surface area contributed by atoms with E-state index in [2.05, 4.69) is 10.5 Å². The van der Waals surface area contributed by atoms with Crippen LogP contribution in [0, 0.1) is 6.92 Å². The van der Waals surface area contributed by atoms with E-state index in [1.807, 2.05) is 24.3 Å². The maximum atomic E-state index is 14.3. The highest BCUT2D eigenvalue weighted by atomic mass is 32.1. The summed E-state index contributed by atoms with van der Waals surface area (Å²) in [5, 5.41) is 0.288. The minimum absolute atomic E-state index is 0.0420. The zero-order chi connectivity index (χ0) is 30.0. The van der Waals surface area contributed by atoms with E-state index < -0.39 is 28.8 Å². The van der Waals surface area contributed by atoms with Crippen LogP contribution in [0.2, 0.25) is 0 Å². The molecule has 1 atom stereocenters. The lowest BCUT2D eigenvalue weighted by molar-refractivity contribution is -0.139. The Morgan fingerprint density at radius 3 is 2.62 bits per heavy atom. The third-order valence-electron chi connectivity index (χ3n) is 7.51. The normalized spacial score (nSPS) is 15.2. The molecule has 1 aliphatic rings. The van der Waals surface area contributed by atoms with Crippen LogP contribution in [0.25, 0.3) is 21.0 Å². The van der Waals surface area contributed by atoms with Crippen LogP contribution in [0.4, 0.5) is 0 Å². The number of carbonyl (C=O) groups excluding carboxylic acids is 1. The lowest BCUT2D eigenvalue weighted by Gasteiger charge is -2.30. The molecule has 1 fully saturated rings. The SMILES string of the molecule is CONC(=O)C(C)(C)n1c(=O)c2c(C)c(-c3ncco3)sc2n(CC(OC2CCOCC2)c2ccccc2OC)c1=O. The minimum Gasteiger partial charge on any atom is -0.496 e. The summed E-state index contributed by atoms with van der Waals surface area (Å²) in [6, 6.07) is 7.48. The third-order valence-corrected chi connectivity index (χ3v) is 8.81. The van der Waals surface area contributed by atoms with Crippen LogP contribution in [-0.4, -0.2) is 53.6 Å². The maximum absolute atomic E-state index is 14.3. The number of rotatable bonds is 10. The van der Waals surface area contributed by atoms with Gasteiger partial charge in [0.05, 0.1) is 43.3 Å². The Morgan fingerprint density at radius 2 is 1.95 bits per heavy atom. The van der Waals surface area contributed by atoms with Crippen molar-refractivity contribution >= 4 is 27.5 Å². The molecule has 0 bridgehead atoms. The van der Waals surface area contributed by atoms with Crippen LogP contribution in [0.3, 0.4) is 0 Å². The molecule has 1 unspecified atom stereocenters. The molecule has 3 aromatic heterocycles. The first-order valence-electron chi connectivity index (χ1n) is 13.6. The van der Waals surface area contributed by atoms with Crippen molar-refractivity contribution in [2.45, 2.75) is 57.9 Å². The minimum atomic E-state index is -1.60. The van der Waals surface area contributed by atoms with E-state index in [9.17, 15) is 14.4 Å². The molecule has 42 heavy (non-hydrogen) atoms. The Balaban J connectivity index is 1.75. The van der Waals surface area contributed by atoms with Gasteiger partial charge >= 0.3 is 5.69 Å². The highest BCUT2D eigenvalue weighted by Gasteiger charge is 2.36. The fourth-order valence-electron chi connectivity index (χ4n) is 5.22. The second-order valence-electron chi connectivity index (χ2n) is 10.5. The number of hydrogen-bond donors (Lipinski definition) is 1. The van der Waals surface area contributed by atoms with Crippen molar-refractivity contribution in [2.24, 2.45) is 0 Å². The van der Waals surface area contributed by atoms with Crippen molar-refractivity contribution in [3.8, 4) is 16.5 Å². The summed E-state index contributed by atoms with van der Waals surface area (Å²) in [6.45, 7) is 5.95. The average molecular weight is 599 g/mol. The number of carbonyl (C=O) groups is 1. The third kappa shape index (κ3) is 5.40. The van der Waals surface area contributed by atoms with Crippen LogP contribution in [0.15, 0.2) is 50.7 Å². The number of aryl methyl sites for hydroxylation is 1. The van der Waals surface area contributed by atoms with Gasteiger partial charge in [-0.2, -0.15) is 0 Å². The summed E-state index contributed by atoms with van der Waals surface area (Å²) in [6.07, 6.45) is 3.63. The van der Waals surface area contributed by atoms with Crippen molar-refractivity contribution in [2.75, 3.05) is 27.4 Å².